The number of thioether (sulfide) groups is 1. The van der Waals surface area contributed by atoms with Gasteiger partial charge in [-0.2, -0.15) is 11.8 Å². The van der Waals surface area contributed by atoms with Crippen molar-refractivity contribution in [1.82, 2.24) is 4.90 Å². The van der Waals surface area contributed by atoms with E-state index in [1.165, 1.54) is 5.56 Å². The highest BCUT2D eigenvalue weighted by molar-refractivity contribution is 7.99. The fraction of sp³-hybridized carbons (Fsp3) is 0.500. The molecule has 0 aliphatic carbocycles. The van der Waals surface area contributed by atoms with Crippen molar-refractivity contribution in [3.05, 3.63) is 35.9 Å². The Balaban J connectivity index is 1.84. The molecule has 92 valence electrons. The highest BCUT2D eigenvalue weighted by Gasteiger charge is 2.25. The Kier molecular flexibility index (Phi) is 4.63. The summed E-state index contributed by atoms with van der Waals surface area (Å²) in [6.45, 7) is 1.03. The summed E-state index contributed by atoms with van der Waals surface area (Å²) >= 11 is 1.89. The van der Waals surface area contributed by atoms with Gasteiger partial charge in [0, 0.05) is 24.5 Å². The van der Waals surface area contributed by atoms with Gasteiger partial charge in [0.1, 0.15) is 0 Å². The zero-order chi connectivity index (χ0) is 12.1. The van der Waals surface area contributed by atoms with Gasteiger partial charge >= 0.3 is 0 Å². The molecule has 0 N–H and O–H groups in total. The van der Waals surface area contributed by atoms with Gasteiger partial charge in [0.2, 0.25) is 0 Å². The number of aryl methyl sites for hydroxylation is 1. The van der Waals surface area contributed by atoms with Crippen LogP contribution in [0.15, 0.2) is 30.3 Å². The Morgan fingerprint density at radius 3 is 2.88 bits per heavy atom. The summed E-state index contributed by atoms with van der Waals surface area (Å²) in [5, 5.41) is 0. The number of hydrogen-bond acceptors (Lipinski definition) is 3. The van der Waals surface area contributed by atoms with Crippen LogP contribution >= 0.6 is 11.8 Å². The van der Waals surface area contributed by atoms with Crippen LogP contribution in [0.25, 0.3) is 0 Å². The van der Waals surface area contributed by atoms with Crippen LogP contribution in [0.4, 0.5) is 0 Å². The Morgan fingerprint density at radius 1 is 1.41 bits per heavy atom. The maximum absolute atomic E-state index is 12.1. The van der Waals surface area contributed by atoms with E-state index in [0.29, 0.717) is 12.2 Å². The lowest BCUT2D eigenvalue weighted by Crippen LogP contribution is -2.44. The predicted molar refractivity (Wildman–Crippen MR) is 73.5 cm³/mol. The number of nitrogens with zero attached hydrogens (tertiary/aromatic N) is 1. The second-order valence-corrected chi connectivity index (χ2v) is 5.67. The minimum Gasteiger partial charge on any atom is -0.298 e. The maximum Gasteiger partial charge on any atom is 0.151 e. The minimum absolute atomic E-state index is 0.137. The molecule has 1 atom stereocenters. The minimum atomic E-state index is 0.137. The largest absolute Gasteiger partial charge is 0.298 e. The molecule has 0 radical (unpaired) electrons. The fourth-order valence-corrected chi connectivity index (χ4v) is 3.35. The second kappa shape index (κ2) is 6.22. The number of hydrogen-bond donors (Lipinski definition) is 0. The van der Waals surface area contributed by atoms with Gasteiger partial charge in [0.05, 0.1) is 6.04 Å². The summed E-state index contributed by atoms with van der Waals surface area (Å²) < 4.78 is 0. The summed E-state index contributed by atoms with van der Waals surface area (Å²) in [5.41, 5.74) is 1.26. The summed E-state index contributed by atoms with van der Waals surface area (Å²) in [6, 6.07) is 10.4. The molecule has 1 aliphatic heterocycles. The molecule has 0 spiro atoms. The number of carbonyl (C=O) groups excluding carboxylic acids is 1. The van der Waals surface area contributed by atoms with E-state index in [-0.39, 0.29) is 6.04 Å². The zero-order valence-corrected chi connectivity index (χ0v) is 11.1. The van der Waals surface area contributed by atoms with E-state index < -0.39 is 0 Å². The summed E-state index contributed by atoms with van der Waals surface area (Å²) in [6.07, 6.45) is 1.54. The van der Waals surface area contributed by atoms with Crippen LogP contribution in [0.3, 0.4) is 0 Å². The summed E-state index contributed by atoms with van der Waals surface area (Å²) in [7, 11) is 2.06. The Hall–Kier alpha value is -0.800. The molecule has 1 aliphatic rings. The Labute approximate surface area is 107 Å². The maximum atomic E-state index is 12.1. The Bertz CT molecular complexity index is 366. The lowest BCUT2D eigenvalue weighted by molar-refractivity contribution is -0.123. The number of ketones is 1. The molecule has 1 unspecified atom stereocenters. The van der Waals surface area contributed by atoms with Gasteiger partial charge in [-0.25, -0.2) is 0 Å². The number of rotatable bonds is 4. The highest BCUT2D eigenvalue weighted by Crippen LogP contribution is 2.17. The molecule has 0 bridgehead atoms. The first-order chi connectivity index (χ1) is 8.27. The third kappa shape index (κ3) is 3.58. The molecule has 1 saturated heterocycles. The van der Waals surface area contributed by atoms with Crippen molar-refractivity contribution >= 4 is 17.5 Å². The number of Topliss-reactive ketones (excluding diaryl/α,β-unsaturated/α-hetero) is 1. The van der Waals surface area contributed by atoms with Crippen LogP contribution in [-0.4, -0.2) is 41.8 Å². The van der Waals surface area contributed by atoms with Gasteiger partial charge < -0.3 is 0 Å². The lowest BCUT2D eigenvalue weighted by atomic mass is 10.0. The van der Waals surface area contributed by atoms with Gasteiger partial charge in [-0.05, 0) is 19.0 Å². The third-order valence-corrected chi connectivity index (χ3v) is 4.29. The molecule has 1 fully saturated rings. The van der Waals surface area contributed by atoms with Gasteiger partial charge in [-0.3, -0.25) is 9.69 Å². The molecule has 2 nitrogen and oxygen atoms in total. The van der Waals surface area contributed by atoms with E-state index in [4.69, 9.17) is 0 Å². The van der Waals surface area contributed by atoms with Crippen LogP contribution in [0.2, 0.25) is 0 Å². The highest BCUT2D eigenvalue weighted by atomic mass is 32.2. The van der Waals surface area contributed by atoms with Crippen molar-refractivity contribution < 1.29 is 4.79 Å². The van der Waals surface area contributed by atoms with Gasteiger partial charge in [0.15, 0.2) is 5.78 Å². The molecule has 17 heavy (non-hydrogen) atoms. The fourth-order valence-electron chi connectivity index (χ4n) is 2.10. The van der Waals surface area contributed by atoms with Crippen molar-refractivity contribution in [2.75, 3.05) is 25.1 Å². The van der Waals surface area contributed by atoms with Crippen LogP contribution in [-0.2, 0) is 11.2 Å². The smallest absolute Gasteiger partial charge is 0.151 e. The van der Waals surface area contributed by atoms with Crippen LogP contribution in [0.1, 0.15) is 12.0 Å². The molecule has 1 aromatic rings. The normalized spacial score (nSPS) is 21.4. The monoisotopic (exact) mass is 249 g/mol. The third-order valence-electron chi connectivity index (χ3n) is 3.27. The lowest BCUT2D eigenvalue weighted by Gasteiger charge is -2.30. The standard InChI is InChI=1S/C14H19NOS/c1-15-9-10-17-11-13(15)14(16)8-7-12-5-3-2-4-6-12/h2-6,13H,7-11H2,1H3. The molecule has 1 heterocycles. The van der Waals surface area contributed by atoms with Crippen molar-refractivity contribution in [2.45, 2.75) is 18.9 Å². The molecular formula is C14H19NOS. The molecule has 0 saturated carbocycles. The van der Waals surface area contributed by atoms with Crippen LogP contribution < -0.4 is 0 Å². The molecule has 2 rings (SSSR count). The van der Waals surface area contributed by atoms with E-state index in [2.05, 4.69) is 24.1 Å². The van der Waals surface area contributed by atoms with E-state index >= 15 is 0 Å². The molecular weight excluding hydrogens is 230 g/mol. The van der Waals surface area contributed by atoms with E-state index in [1.807, 2.05) is 30.0 Å². The summed E-state index contributed by atoms with van der Waals surface area (Å²) in [4.78, 5) is 14.3. The van der Waals surface area contributed by atoms with Crippen molar-refractivity contribution in [3.8, 4) is 0 Å². The first kappa shape index (κ1) is 12.7. The van der Waals surface area contributed by atoms with Crippen LogP contribution in [0, 0.1) is 0 Å². The van der Waals surface area contributed by atoms with Crippen molar-refractivity contribution in [3.63, 3.8) is 0 Å². The quantitative estimate of drug-likeness (QED) is 0.816. The number of carbonyl (C=O) groups is 1. The van der Waals surface area contributed by atoms with Crippen molar-refractivity contribution in [2.24, 2.45) is 0 Å². The SMILES string of the molecule is CN1CCSCC1C(=O)CCc1ccccc1. The van der Waals surface area contributed by atoms with Crippen LogP contribution in [0.5, 0.6) is 0 Å². The average Bonchev–Trinajstić information content (AvgIpc) is 2.38. The first-order valence-electron chi connectivity index (χ1n) is 6.12. The van der Waals surface area contributed by atoms with E-state index in [0.717, 1.165) is 24.5 Å². The van der Waals surface area contributed by atoms with E-state index in [9.17, 15) is 4.79 Å². The first-order valence-corrected chi connectivity index (χ1v) is 7.27. The molecule has 1 aromatic carbocycles. The van der Waals surface area contributed by atoms with Crippen molar-refractivity contribution in [1.29, 1.82) is 0 Å². The Morgan fingerprint density at radius 2 is 2.18 bits per heavy atom. The van der Waals surface area contributed by atoms with Gasteiger partial charge in [-0.1, -0.05) is 30.3 Å². The van der Waals surface area contributed by atoms with Gasteiger partial charge in [-0.15, -0.1) is 0 Å². The second-order valence-electron chi connectivity index (χ2n) is 4.52. The predicted octanol–water partition coefficient (Wildman–Crippen LogP) is 2.24. The molecule has 0 aromatic heterocycles. The molecule has 0 amide bonds. The molecule has 3 heteroatoms. The number of benzene rings is 1. The average molecular weight is 249 g/mol. The zero-order valence-electron chi connectivity index (χ0n) is 10.3. The van der Waals surface area contributed by atoms with Gasteiger partial charge in [0.25, 0.3) is 0 Å². The number of likely N-dealkylation sites (N-methyl/N-ethyl adjacent to an activating group) is 1. The van der Waals surface area contributed by atoms with E-state index in [1.54, 1.807) is 0 Å². The summed E-state index contributed by atoms with van der Waals surface area (Å²) in [5.74, 6) is 2.51. The topological polar surface area (TPSA) is 20.3 Å².